The summed E-state index contributed by atoms with van der Waals surface area (Å²) in [7, 11) is 0. The summed E-state index contributed by atoms with van der Waals surface area (Å²) >= 11 is 0. The van der Waals surface area contributed by atoms with E-state index in [9.17, 15) is 14.4 Å². The molecule has 6 heteroatoms. The molecule has 0 heterocycles. The number of ether oxygens (including phenoxy) is 3. The molecule has 6 nitrogen and oxygen atoms in total. The molecule has 0 spiro atoms. The minimum absolute atomic E-state index is 0.145. The van der Waals surface area contributed by atoms with Gasteiger partial charge in [-0.2, -0.15) is 0 Å². The predicted octanol–water partition coefficient (Wildman–Crippen LogP) is 2.07. The summed E-state index contributed by atoms with van der Waals surface area (Å²) in [5, 5.41) is 0. The van der Waals surface area contributed by atoms with E-state index in [1.807, 2.05) is 0 Å². The van der Waals surface area contributed by atoms with Crippen LogP contribution in [0.1, 0.15) is 42.6 Å². The molecule has 1 aromatic carbocycles. The van der Waals surface area contributed by atoms with Gasteiger partial charge in [-0.15, -0.1) is 0 Å². The highest BCUT2D eigenvalue weighted by Gasteiger charge is 2.31. The summed E-state index contributed by atoms with van der Waals surface area (Å²) in [6.07, 6.45) is 0. The molecule has 0 atom stereocenters. The highest BCUT2D eigenvalue weighted by atomic mass is 16.6. The Morgan fingerprint density at radius 1 is 0.909 bits per heavy atom. The summed E-state index contributed by atoms with van der Waals surface area (Å²) in [5.74, 6) is -3.14. The van der Waals surface area contributed by atoms with Gasteiger partial charge in [-0.05, 0) is 38.5 Å². The van der Waals surface area contributed by atoms with Gasteiger partial charge in [-0.3, -0.25) is 9.59 Å². The van der Waals surface area contributed by atoms with Gasteiger partial charge in [0, 0.05) is 0 Å². The Morgan fingerprint density at radius 3 is 1.95 bits per heavy atom. The fourth-order valence-corrected chi connectivity index (χ4v) is 1.88. The fourth-order valence-electron chi connectivity index (χ4n) is 1.88. The highest BCUT2D eigenvalue weighted by molar-refractivity contribution is 6.01. The van der Waals surface area contributed by atoms with Gasteiger partial charge >= 0.3 is 17.9 Å². The smallest absolute Gasteiger partial charge is 0.338 e. The molecular formula is C16H20O6. The van der Waals surface area contributed by atoms with E-state index in [2.05, 4.69) is 0 Å². The van der Waals surface area contributed by atoms with Crippen molar-refractivity contribution < 1.29 is 28.6 Å². The summed E-state index contributed by atoms with van der Waals surface area (Å²) in [6.45, 7) is 5.52. The van der Waals surface area contributed by atoms with Gasteiger partial charge in [0.25, 0.3) is 0 Å². The molecule has 0 bridgehead atoms. The molecule has 0 radical (unpaired) electrons. The van der Waals surface area contributed by atoms with Crippen LogP contribution in [0.3, 0.4) is 0 Å². The minimum Gasteiger partial charge on any atom is -0.465 e. The number of hydrogen-bond acceptors (Lipinski definition) is 6. The third-order valence-electron chi connectivity index (χ3n) is 2.78. The second-order valence-electron chi connectivity index (χ2n) is 4.28. The monoisotopic (exact) mass is 308 g/mol. The molecule has 0 amide bonds. The lowest BCUT2D eigenvalue weighted by Crippen LogP contribution is -2.26. The molecule has 0 N–H and O–H groups in total. The molecule has 0 aliphatic heterocycles. The maximum Gasteiger partial charge on any atom is 0.338 e. The first-order valence-electron chi connectivity index (χ1n) is 7.15. The average molecular weight is 308 g/mol. The highest BCUT2D eigenvalue weighted by Crippen LogP contribution is 2.21. The number of benzene rings is 1. The Hall–Kier alpha value is -2.37. The Balaban J connectivity index is 3.13. The van der Waals surface area contributed by atoms with Crippen molar-refractivity contribution in [2.75, 3.05) is 19.8 Å². The van der Waals surface area contributed by atoms with Gasteiger partial charge in [-0.1, -0.05) is 12.1 Å². The van der Waals surface area contributed by atoms with Gasteiger partial charge in [0.05, 0.1) is 25.4 Å². The third-order valence-corrected chi connectivity index (χ3v) is 2.78. The first kappa shape index (κ1) is 17.7. The second-order valence-corrected chi connectivity index (χ2v) is 4.28. The van der Waals surface area contributed by atoms with E-state index >= 15 is 0 Å². The van der Waals surface area contributed by atoms with Crippen LogP contribution in [0, 0.1) is 0 Å². The van der Waals surface area contributed by atoms with Gasteiger partial charge < -0.3 is 14.2 Å². The molecular weight excluding hydrogens is 288 g/mol. The predicted molar refractivity (Wildman–Crippen MR) is 78.4 cm³/mol. The number of hydrogen-bond donors (Lipinski definition) is 0. The number of rotatable bonds is 7. The zero-order valence-corrected chi connectivity index (χ0v) is 13.0. The first-order valence-corrected chi connectivity index (χ1v) is 7.15. The van der Waals surface area contributed by atoms with Gasteiger partial charge in [-0.25, -0.2) is 4.79 Å². The normalized spacial score (nSPS) is 10.2. The van der Waals surface area contributed by atoms with E-state index in [0.29, 0.717) is 5.56 Å². The van der Waals surface area contributed by atoms with E-state index in [-0.39, 0.29) is 25.4 Å². The largest absolute Gasteiger partial charge is 0.465 e. The molecule has 120 valence electrons. The van der Waals surface area contributed by atoms with Crippen molar-refractivity contribution in [2.24, 2.45) is 0 Å². The Bertz CT molecular complexity index is 519. The average Bonchev–Trinajstić information content (AvgIpc) is 2.48. The van der Waals surface area contributed by atoms with Crippen molar-refractivity contribution in [3.63, 3.8) is 0 Å². The second kappa shape index (κ2) is 8.81. The molecule has 0 saturated heterocycles. The molecule has 0 fully saturated rings. The van der Waals surface area contributed by atoms with Crippen LogP contribution in [-0.2, 0) is 23.8 Å². The van der Waals surface area contributed by atoms with Crippen molar-refractivity contribution >= 4 is 17.9 Å². The molecule has 1 aromatic rings. The summed E-state index contributed by atoms with van der Waals surface area (Å²) in [6, 6.07) is 6.14. The molecule has 0 saturated carbocycles. The van der Waals surface area contributed by atoms with Crippen LogP contribution in [0.4, 0.5) is 0 Å². The molecule has 0 unspecified atom stereocenters. The lowest BCUT2D eigenvalue weighted by atomic mass is 9.97. The molecule has 1 rings (SSSR count). The van der Waals surface area contributed by atoms with Gasteiger partial charge in [0.1, 0.15) is 0 Å². The Labute approximate surface area is 129 Å². The van der Waals surface area contributed by atoms with E-state index in [0.717, 1.165) is 0 Å². The maximum atomic E-state index is 12.0. The first-order chi connectivity index (χ1) is 10.5. The topological polar surface area (TPSA) is 78.9 Å². The SMILES string of the molecule is CCOC(=O)c1cccc(C(C(=O)OCC)C(=O)OCC)c1. The number of esters is 3. The lowest BCUT2D eigenvalue weighted by Gasteiger charge is -2.15. The van der Waals surface area contributed by atoms with Crippen LogP contribution >= 0.6 is 0 Å². The zero-order chi connectivity index (χ0) is 16.5. The summed E-state index contributed by atoms with van der Waals surface area (Å²) < 4.78 is 14.7. The Morgan fingerprint density at radius 2 is 1.45 bits per heavy atom. The van der Waals surface area contributed by atoms with Crippen LogP contribution in [0.5, 0.6) is 0 Å². The van der Waals surface area contributed by atoms with Crippen molar-refractivity contribution in [1.29, 1.82) is 0 Å². The standard InChI is InChI=1S/C16H20O6/c1-4-20-14(17)12-9-7-8-11(10-12)13(15(18)21-5-2)16(19)22-6-3/h7-10,13H,4-6H2,1-3H3. The van der Waals surface area contributed by atoms with Crippen LogP contribution < -0.4 is 0 Å². The fraction of sp³-hybridized carbons (Fsp3) is 0.438. The van der Waals surface area contributed by atoms with Crippen LogP contribution in [0.25, 0.3) is 0 Å². The summed E-state index contributed by atoms with van der Waals surface area (Å²) in [5.41, 5.74) is 0.598. The summed E-state index contributed by atoms with van der Waals surface area (Å²) in [4.78, 5) is 35.8. The van der Waals surface area contributed by atoms with Gasteiger partial charge in [0.15, 0.2) is 5.92 Å². The molecule has 0 aromatic heterocycles. The van der Waals surface area contributed by atoms with Crippen molar-refractivity contribution in [1.82, 2.24) is 0 Å². The van der Waals surface area contributed by atoms with Crippen molar-refractivity contribution in [3.8, 4) is 0 Å². The lowest BCUT2D eigenvalue weighted by molar-refractivity contribution is -0.156. The van der Waals surface area contributed by atoms with E-state index < -0.39 is 23.8 Å². The number of carbonyl (C=O) groups excluding carboxylic acids is 3. The molecule has 0 aliphatic rings. The van der Waals surface area contributed by atoms with Crippen LogP contribution in [0.2, 0.25) is 0 Å². The zero-order valence-electron chi connectivity index (χ0n) is 13.0. The van der Waals surface area contributed by atoms with E-state index in [4.69, 9.17) is 14.2 Å². The minimum atomic E-state index is -1.21. The van der Waals surface area contributed by atoms with Crippen molar-refractivity contribution in [2.45, 2.75) is 26.7 Å². The Kier molecular flexibility index (Phi) is 7.08. The van der Waals surface area contributed by atoms with Gasteiger partial charge in [0.2, 0.25) is 0 Å². The third kappa shape index (κ3) is 4.58. The van der Waals surface area contributed by atoms with Crippen LogP contribution in [-0.4, -0.2) is 37.7 Å². The quantitative estimate of drug-likeness (QED) is 0.436. The number of carbonyl (C=O) groups is 3. The van der Waals surface area contributed by atoms with E-state index in [1.165, 1.54) is 6.07 Å². The molecule has 0 aliphatic carbocycles. The molecule has 22 heavy (non-hydrogen) atoms. The van der Waals surface area contributed by atoms with Crippen molar-refractivity contribution in [3.05, 3.63) is 35.4 Å². The van der Waals surface area contributed by atoms with E-state index in [1.54, 1.807) is 39.0 Å². The van der Waals surface area contributed by atoms with Crippen LogP contribution in [0.15, 0.2) is 24.3 Å². The maximum absolute atomic E-state index is 12.0.